The van der Waals surface area contributed by atoms with Gasteiger partial charge in [0.2, 0.25) is 0 Å². The summed E-state index contributed by atoms with van der Waals surface area (Å²) in [5.41, 5.74) is 0.987. The highest BCUT2D eigenvalue weighted by molar-refractivity contribution is 5.25. The smallest absolute Gasteiger partial charge is 0.151 e. The number of rotatable bonds is 3. The first-order valence-electron chi connectivity index (χ1n) is 3.82. The molecule has 0 fully saturated rings. The normalized spacial score (nSPS) is 10.6. The maximum Gasteiger partial charge on any atom is 0.151 e. The number of benzene rings is 1. The molecule has 3 nitrogen and oxygen atoms in total. The van der Waals surface area contributed by atoms with Gasteiger partial charge in [0.15, 0.2) is 6.29 Å². The van der Waals surface area contributed by atoms with Crippen molar-refractivity contribution in [3.05, 3.63) is 29.8 Å². The van der Waals surface area contributed by atoms with Crippen LogP contribution in [-0.2, 0) is 6.42 Å². The zero-order valence-electron chi connectivity index (χ0n) is 6.64. The summed E-state index contributed by atoms with van der Waals surface area (Å²) in [6.45, 7) is 0. The van der Waals surface area contributed by atoms with E-state index in [2.05, 4.69) is 0 Å². The van der Waals surface area contributed by atoms with Crippen LogP contribution in [0.1, 0.15) is 12.0 Å². The molecule has 1 aromatic rings. The summed E-state index contributed by atoms with van der Waals surface area (Å²) in [5.74, 6) is 0.225. The lowest BCUT2D eigenvalue weighted by Crippen LogP contribution is -2.05. The molecule has 0 saturated heterocycles. The van der Waals surface area contributed by atoms with Gasteiger partial charge in [0.25, 0.3) is 0 Å². The van der Waals surface area contributed by atoms with Crippen LogP contribution in [0.3, 0.4) is 0 Å². The molecule has 0 atom stereocenters. The molecule has 0 bridgehead atoms. The van der Waals surface area contributed by atoms with Gasteiger partial charge in [0, 0.05) is 6.42 Å². The second-order valence-corrected chi connectivity index (χ2v) is 2.69. The first-order chi connectivity index (χ1) is 5.68. The third-order valence-corrected chi connectivity index (χ3v) is 1.63. The highest BCUT2D eigenvalue weighted by Crippen LogP contribution is 2.11. The molecule has 1 aromatic carbocycles. The van der Waals surface area contributed by atoms with Crippen LogP contribution < -0.4 is 0 Å². The maximum atomic E-state index is 8.94. The lowest BCUT2D eigenvalue weighted by atomic mass is 10.1. The van der Waals surface area contributed by atoms with E-state index in [-0.39, 0.29) is 5.75 Å². The SMILES string of the molecule is Oc1ccc(CCC(O)O)cc1. The van der Waals surface area contributed by atoms with Gasteiger partial charge in [-0.1, -0.05) is 12.1 Å². The predicted molar refractivity (Wildman–Crippen MR) is 44.7 cm³/mol. The molecular weight excluding hydrogens is 156 g/mol. The molecule has 0 radical (unpaired) electrons. The number of aryl methyl sites for hydroxylation is 1. The Morgan fingerprint density at radius 1 is 1.08 bits per heavy atom. The molecule has 0 spiro atoms. The third-order valence-electron chi connectivity index (χ3n) is 1.63. The van der Waals surface area contributed by atoms with Crippen molar-refractivity contribution in [3.8, 4) is 5.75 Å². The Balaban J connectivity index is 2.48. The number of aliphatic hydroxyl groups excluding tert-OH is 1. The number of hydrogen-bond donors (Lipinski definition) is 3. The summed E-state index contributed by atoms with van der Waals surface area (Å²) >= 11 is 0. The Bertz CT molecular complexity index is 228. The van der Waals surface area contributed by atoms with Crippen LogP contribution in [0.25, 0.3) is 0 Å². The van der Waals surface area contributed by atoms with Gasteiger partial charge in [0.1, 0.15) is 5.75 Å². The summed E-state index contributed by atoms with van der Waals surface area (Å²) in [6.07, 6.45) is -0.318. The Labute approximate surface area is 70.9 Å². The van der Waals surface area contributed by atoms with E-state index >= 15 is 0 Å². The predicted octanol–water partition coefficient (Wildman–Crippen LogP) is 0.635. The summed E-state index contributed by atoms with van der Waals surface area (Å²) in [7, 11) is 0. The summed E-state index contributed by atoms with van der Waals surface area (Å²) in [6, 6.07) is 6.69. The molecule has 0 aliphatic heterocycles. The van der Waals surface area contributed by atoms with Gasteiger partial charge in [0.05, 0.1) is 0 Å². The number of hydrogen-bond acceptors (Lipinski definition) is 3. The van der Waals surface area contributed by atoms with E-state index in [1.165, 1.54) is 0 Å². The maximum absolute atomic E-state index is 8.94. The standard InChI is InChI=1S/C9H12O3/c10-8-4-1-7(2-5-8)3-6-9(11)12/h1-2,4-5,9-12H,3,6H2. The van der Waals surface area contributed by atoms with E-state index < -0.39 is 6.29 Å². The molecule has 0 unspecified atom stereocenters. The van der Waals surface area contributed by atoms with Crippen molar-refractivity contribution >= 4 is 0 Å². The van der Waals surface area contributed by atoms with Crippen molar-refractivity contribution in [3.63, 3.8) is 0 Å². The molecule has 0 aliphatic rings. The minimum atomic E-state index is -1.25. The van der Waals surface area contributed by atoms with Crippen LogP contribution in [0.4, 0.5) is 0 Å². The average Bonchev–Trinajstić information content (AvgIpc) is 2.03. The van der Waals surface area contributed by atoms with Crippen molar-refractivity contribution in [2.45, 2.75) is 19.1 Å². The van der Waals surface area contributed by atoms with Crippen molar-refractivity contribution < 1.29 is 15.3 Å². The van der Waals surface area contributed by atoms with E-state index in [9.17, 15) is 0 Å². The van der Waals surface area contributed by atoms with Gasteiger partial charge < -0.3 is 15.3 Å². The van der Waals surface area contributed by atoms with E-state index in [0.29, 0.717) is 12.8 Å². The van der Waals surface area contributed by atoms with Crippen molar-refractivity contribution in [2.75, 3.05) is 0 Å². The van der Waals surface area contributed by atoms with Crippen LogP contribution in [0.15, 0.2) is 24.3 Å². The van der Waals surface area contributed by atoms with Gasteiger partial charge in [-0.15, -0.1) is 0 Å². The Hall–Kier alpha value is -1.06. The van der Waals surface area contributed by atoms with Gasteiger partial charge in [-0.05, 0) is 24.1 Å². The average molecular weight is 168 g/mol. The molecule has 0 saturated carbocycles. The molecule has 3 heteroatoms. The Morgan fingerprint density at radius 2 is 1.67 bits per heavy atom. The molecule has 66 valence electrons. The zero-order chi connectivity index (χ0) is 8.97. The third kappa shape index (κ3) is 2.90. The topological polar surface area (TPSA) is 60.7 Å². The zero-order valence-corrected chi connectivity index (χ0v) is 6.64. The van der Waals surface area contributed by atoms with Crippen LogP contribution >= 0.6 is 0 Å². The van der Waals surface area contributed by atoms with E-state index in [1.807, 2.05) is 0 Å². The van der Waals surface area contributed by atoms with E-state index in [0.717, 1.165) is 5.56 Å². The van der Waals surface area contributed by atoms with Gasteiger partial charge in [-0.3, -0.25) is 0 Å². The van der Waals surface area contributed by atoms with Gasteiger partial charge in [-0.25, -0.2) is 0 Å². The van der Waals surface area contributed by atoms with Crippen molar-refractivity contribution in [1.82, 2.24) is 0 Å². The quantitative estimate of drug-likeness (QED) is 0.580. The highest BCUT2D eigenvalue weighted by Gasteiger charge is 1.98. The molecule has 12 heavy (non-hydrogen) atoms. The fourth-order valence-electron chi connectivity index (χ4n) is 0.958. The van der Waals surface area contributed by atoms with Gasteiger partial charge >= 0.3 is 0 Å². The molecule has 0 amide bonds. The molecule has 0 heterocycles. The fraction of sp³-hybridized carbons (Fsp3) is 0.333. The summed E-state index contributed by atoms with van der Waals surface area (Å²) in [4.78, 5) is 0. The summed E-state index contributed by atoms with van der Waals surface area (Å²) < 4.78 is 0. The Kier molecular flexibility index (Phi) is 3.08. The van der Waals surface area contributed by atoms with Crippen molar-refractivity contribution in [2.24, 2.45) is 0 Å². The van der Waals surface area contributed by atoms with Gasteiger partial charge in [-0.2, -0.15) is 0 Å². The first kappa shape index (κ1) is 9.03. The molecular formula is C9H12O3. The van der Waals surface area contributed by atoms with Crippen LogP contribution in [0.5, 0.6) is 5.75 Å². The number of phenolic OH excluding ortho intramolecular Hbond substituents is 1. The van der Waals surface area contributed by atoms with Crippen LogP contribution in [0.2, 0.25) is 0 Å². The summed E-state index contributed by atoms with van der Waals surface area (Å²) in [5, 5.41) is 26.1. The monoisotopic (exact) mass is 168 g/mol. The highest BCUT2D eigenvalue weighted by atomic mass is 16.5. The van der Waals surface area contributed by atoms with Crippen LogP contribution in [0, 0.1) is 0 Å². The van der Waals surface area contributed by atoms with E-state index in [1.54, 1.807) is 24.3 Å². The van der Waals surface area contributed by atoms with Crippen LogP contribution in [-0.4, -0.2) is 21.6 Å². The van der Waals surface area contributed by atoms with E-state index in [4.69, 9.17) is 15.3 Å². The second-order valence-electron chi connectivity index (χ2n) is 2.69. The minimum Gasteiger partial charge on any atom is -0.508 e. The number of aliphatic hydroxyl groups is 2. The largest absolute Gasteiger partial charge is 0.508 e. The first-order valence-corrected chi connectivity index (χ1v) is 3.82. The lowest BCUT2D eigenvalue weighted by molar-refractivity contribution is -0.0446. The Morgan fingerprint density at radius 3 is 2.17 bits per heavy atom. The number of phenols is 1. The fourth-order valence-corrected chi connectivity index (χ4v) is 0.958. The molecule has 0 aliphatic carbocycles. The van der Waals surface area contributed by atoms with Crippen molar-refractivity contribution in [1.29, 1.82) is 0 Å². The molecule has 1 rings (SSSR count). The number of aromatic hydroxyl groups is 1. The minimum absolute atomic E-state index is 0.225. The lowest BCUT2D eigenvalue weighted by Gasteiger charge is -2.02. The molecule has 0 aromatic heterocycles. The second kappa shape index (κ2) is 4.09. The molecule has 3 N–H and O–H groups in total.